The number of halogens is 6. The maximum Gasteiger partial charge on any atom is 0.187 e. The molecule has 6 aromatic carbocycles. The van der Waals surface area contributed by atoms with Crippen LogP contribution in [0.4, 0.5) is 17.1 Å². The van der Waals surface area contributed by atoms with Crippen LogP contribution < -0.4 is 9.80 Å². The molecule has 0 radical (unpaired) electrons. The van der Waals surface area contributed by atoms with Gasteiger partial charge in [-0.15, -0.1) is 0 Å². The predicted octanol–water partition coefficient (Wildman–Crippen LogP) is 14.6. The van der Waals surface area contributed by atoms with E-state index in [9.17, 15) is 0 Å². The van der Waals surface area contributed by atoms with Crippen LogP contribution in [0.25, 0.3) is 4.85 Å². The number of aliphatic imine (C=N–C) groups is 1. The van der Waals surface area contributed by atoms with Gasteiger partial charge in [-0.25, -0.2) is 4.85 Å². The molecule has 2 saturated heterocycles. The largest absolute Gasteiger partial charge is 0.361 e. The van der Waals surface area contributed by atoms with Gasteiger partial charge in [0.15, 0.2) is 5.69 Å². The van der Waals surface area contributed by atoms with Crippen LogP contribution in [0.1, 0.15) is 52.7 Å². The lowest BCUT2D eigenvalue weighted by Crippen LogP contribution is -2.48. The summed E-state index contributed by atoms with van der Waals surface area (Å²) in [5, 5.41) is 4.09. The molecule has 3 aliphatic rings. The Kier molecular flexibility index (Phi) is 15.2. The first-order valence-corrected chi connectivity index (χ1v) is 23.3. The second-order valence-electron chi connectivity index (χ2n) is 16.1. The summed E-state index contributed by atoms with van der Waals surface area (Å²) in [7, 11) is 0. The van der Waals surface area contributed by atoms with Crippen LogP contribution >= 0.6 is 69.6 Å². The summed E-state index contributed by atoms with van der Waals surface area (Å²) in [5.74, 6) is 0. The Labute approximate surface area is 401 Å². The molecule has 3 aliphatic heterocycles. The number of benzene rings is 6. The van der Waals surface area contributed by atoms with Gasteiger partial charge in [0.05, 0.1) is 40.1 Å². The summed E-state index contributed by atoms with van der Waals surface area (Å²) in [6, 6.07) is 44.7. The quantitative estimate of drug-likeness (QED) is 0.135. The van der Waals surface area contributed by atoms with E-state index in [0.717, 1.165) is 86.7 Å². The van der Waals surface area contributed by atoms with Crippen LogP contribution in [0.3, 0.4) is 0 Å². The molecular weight excluding hydrogens is 909 g/mol. The molecule has 0 N–H and O–H groups in total. The average Bonchev–Trinajstić information content (AvgIpc) is 3.84. The van der Waals surface area contributed by atoms with E-state index in [2.05, 4.69) is 78.0 Å². The molecule has 3 heterocycles. The second-order valence-corrected chi connectivity index (χ2v) is 18.7. The Morgan fingerprint density at radius 1 is 0.524 bits per heavy atom. The van der Waals surface area contributed by atoms with Crippen molar-refractivity contribution in [1.29, 1.82) is 0 Å². The summed E-state index contributed by atoms with van der Waals surface area (Å²) < 4.78 is 0. The van der Waals surface area contributed by atoms with E-state index in [4.69, 9.17) is 76.2 Å². The van der Waals surface area contributed by atoms with Crippen LogP contribution in [-0.4, -0.2) is 61.3 Å². The first-order chi connectivity index (χ1) is 30.6. The van der Waals surface area contributed by atoms with Crippen molar-refractivity contribution in [2.24, 2.45) is 4.99 Å². The number of hydrogen-bond acceptors (Lipinski definition) is 5. The summed E-state index contributed by atoms with van der Waals surface area (Å²) >= 11 is 37.7. The van der Waals surface area contributed by atoms with Crippen molar-refractivity contribution in [2.75, 3.05) is 55.6 Å². The van der Waals surface area contributed by atoms with Crippen molar-refractivity contribution in [3.05, 3.63) is 203 Å². The zero-order valence-electron chi connectivity index (χ0n) is 34.6. The van der Waals surface area contributed by atoms with E-state index < -0.39 is 0 Å². The minimum atomic E-state index is 0.136. The predicted molar refractivity (Wildman–Crippen MR) is 266 cm³/mol. The molecule has 2 atom stereocenters. The smallest absolute Gasteiger partial charge is 0.187 e. The van der Waals surface area contributed by atoms with Gasteiger partial charge in [-0.1, -0.05) is 142 Å². The third-order valence-electron chi connectivity index (χ3n) is 11.9. The zero-order valence-corrected chi connectivity index (χ0v) is 39.1. The number of rotatable bonds is 9. The third kappa shape index (κ3) is 11.5. The van der Waals surface area contributed by atoms with Crippen molar-refractivity contribution in [3.63, 3.8) is 0 Å². The molecule has 0 saturated carbocycles. The number of hydrogen-bond donors (Lipinski definition) is 0. The van der Waals surface area contributed by atoms with Crippen molar-refractivity contribution < 1.29 is 0 Å². The van der Waals surface area contributed by atoms with Crippen molar-refractivity contribution in [2.45, 2.75) is 38.0 Å². The average molecular weight is 956 g/mol. The molecule has 0 bridgehead atoms. The monoisotopic (exact) mass is 952 g/mol. The van der Waals surface area contributed by atoms with Crippen molar-refractivity contribution in [3.8, 4) is 0 Å². The standard InChI is InChI=1S/C27H26Cl3N3.C24H20Cl3N3/c28-22-9-7-21(8-10-22)27-18-32(14-15-33(27)26-12-11-23(29)16-24(26)30)17-19-3-5-20(6-4-19)25-2-1-13-31-25;1-28-21-9-2-17(3-10-21)15-29-12-13-30(23-11-8-20(26)14-22(23)27)24(16-29)18-4-6-19(25)7-5-18/h3-12,16,27H,1-2,13-15,17-18H2;2-11,14,24H,12-13,15-16H2/t27-;24-/m00/s1. The number of nitrogens with zero attached hydrogens (tertiary/aromatic N) is 6. The van der Waals surface area contributed by atoms with Crippen LogP contribution in [0.2, 0.25) is 30.1 Å². The Hall–Kier alpha value is -4.26. The Morgan fingerprint density at radius 3 is 1.38 bits per heavy atom. The molecule has 63 heavy (non-hydrogen) atoms. The summed E-state index contributed by atoms with van der Waals surface area (Å²) in [4.78, 5) is 17.8. The SMILES string of the molecule is Clc1ccc([C@@H]2CN(Cc3ccc(C4=NCCC4)cc3)CCN2c2ccc(Cl)cc2Cl)cc1.[C-]#[N+]c1ccc(CN2CCN(c3ccc(Cl)cc3Cl)[C@H](c3ccc(Cl)cc3)C2)cc1. The second kappa shape index (κ2) is 21.2. The van der Waals surface area contributed by atoms with Gasteiger partial charge in [0.25, 0.3) is 0 Å². The Bertz CT molecular complexity index is 2560. The summed E-state index contributed by atoms with van der Waals surface area (Å²) in [6.45, 7) is 15.2. The lowest BCUT2D eigenvalue weighted by molar-refractivity contribution is 0.215. The summed E-state index contributed by atoms with van der Waals surface area (Å²) in [5.41, 5.74) is 10.1. The zero-order chi connectivity index (χ0) is 43.9. The van der Waals surface area contributed by atoms with Crippen molar-refractivity contribution >= 4 is 92.4 Å². The van der Waals surface area contributed by atoms with Gasteiger partial charge < -0.3 is 9.80 Å². The maximum atomic E-state index is 7.12. The van der Waals surface area contributed by atoms with E-state index in [1.807, 2.05) is 78.9 Å². The van der Waals surface area contributed by atoms with E-state index in [1.54, 1.807) is 6.07 Å². The highest BCUT2D eigenvalue weighted by Crippen LogP contribution is 2.39. The molecule has 6 aromatic rings. The van der Waals surface area contributed by atoms with Gasteiger partial charge >= 0.3 is 0 Å². The van der Waals surface area contributed by atoms with E-state index >= 15 is 0 Å². The van der Waals surface area contributed by atoms with Crippen LogP contribution in [0.15, 0.2) is 138 Å². The fraction of sp³-hybridized carbons (Fsp3) is 0.255. The molecule has 6 nitrogen and oxygen atoms in total. The highest BCUT2D eigenvalue weighted by Gasteiger charge is 2.31. The molecule has 0 amide bonds. The van der Waals surface area contributed by atoms with Gasteiger partial charge in [0, 0.05) is 84.7 Å². The summed E-state index contributed by atoms with van der Waals surface area (Å²) in [6.07, 6.45) is 2.27. The highest BCUT2D eigenvalue weighted by molar-refractivity contribution is 6.37. The van der Waals surface area contributed by atoms with E-state index in [-0.39, 0.29) is 12.1 Å². The lowest BCUT2D eigenvalue weighted by Gasteiger charge is -2.43. The minimum absolute atomic E-state index is 0.136. The number of piperazine rings is 2. The molecule has 0 aliphatic carbocycles. The highest BCUT2D eigenvalue weighted by atomic mass is 35.5. The van der Waals surface area contributed by atoms with E-state index in [1.165, 1.54) is 39.9 Å². The molecular formula is C51H46Cl6N6. The Morgan fingerprint density at radius 2 is 0.968 bits per heavy atom. The lowest BCUT2D eigenvalue weighted by atomic mass is 10.00. The van der Waals surface area contributed by atoms with Crippen LogP contribution in [-0.2, 0) is 13.1 Å². The number of anilines is 2. The molecule has 2 fully saturated rings. The van der Waals surface area contributed by atoms with Gasteiger partial charge in [0.2, 0.25) is 0 Å². The van der Waals surface area contributed by atoms with E-state index in [0.29, 0.717) is 25.8 Å². The normalized spacial score (nSPS) is 18.1. The molecule has 12 heteroatoms. The van der Waals surface area contributed by atoms with Crippen LogP contribution in [0, 0.1) is 6.57 Å². The Balaban J connectivity index is 0.000000174. The topological polar surface area (TPSA) is 29.7 Å². The van der Waals surface area contributed by atoms with Crippen molar-refractivity contribution in [1.82, 2.24) is 9.80 Å². The van der Waals surface area contributed by atoms with Gasteiger partial charge in [-0.05, 0) is 101 Å². The fourth-order valence-electron chi connectivity index (χ4n) is 8.68. The maximum absolute atomic E-state index is 7.12. The van der Waals surface area contributed by atoms with Gasteiger partial charge in [0.1, 0.15) is 0 Å². The first-order valence-electron chi connectivity index (χ1n) is 21.1. The van der Waals surface area contributed by atoms with Crippen LogP contribution in [0.5, 0.6) is 0 Å². The van der Waals surface area contributed by atoms with Gasteiger partial charge in [-0.3, -0.25) is 14.8 Å². The molecule has 9 rings (SSSR count). The molecule has 0 spiro atoms. The minimum Gasteiger partial charge on any atom is -0.361 e. The van der Waals surface area contributed by atoms with Gasteiger partial charge in [-0.2, -0.15) is 0 Å². The molecule has 0 unspecified atom stereocenters. The first kappa shape index (κ1) is 45.3. The molecule has 0 aromatic heterocycles. The third-order valence-corrected chi connectivity index (χ3v) is 13.5. The molecule has 322 valence electrons. The fourth-order valence-corrected chi connectivity index (χ4v) is 9.97.